The Kier molecular flexibility index (Phi) is 3.84. The third-order valence-corrected chi connectivity index (χ3v) is 1.62. The van der Waals surface area contributed by atoms with Crippen molar-refractivity contribution in [3.63, 3.8) is 0 Å². The normalized spacial score (nSPS) is 10.8. The van der Waals surface area contributed by atoms with Crippen LogP contribution in [0.1, 0.15) is 5.56 Å². The van der Waals surface area contributed by atoms with Gasteiger partial charge in [0, 0.05) is 11.1 Å². The molecule has 0 aliphatic carbocycles. The average molecular weight is 181 g/mol. The molecule has 1 rings (SSSR count). The van der Waals surface area contributed by atoms with E-state index in [0.29, 0.717) is 6.54 Å². The average Bonchev–Trinajstić information content (AvgIpc) is 2.05. The fraction of sp³-hybridized carbons (Fsp3) is 0.222. The number of aliphatic imine (C=N–C) groups is 1. The zero-order valence-corrected chi connectivity index (χ0v) is 7.54. The quantitative estimate of drug-likeness (QED) is 0.536. The van der Waals surface area contributed by atoms with Gasteiger partial charge in [0.25, 0.3) is 0 Å². The Hall–Kier alpha value is -0.800. The summed E-state index contributed by atoms with van der Waals surface area (Å²) in [6, 6.07) is 7.69. The van der Waals surface area contributed by atoms with Gasteiger partial charge in [-0.15, -0.1) is 12.6 Å². The van der Waals surface area contributed by atoms with E-state index < -0.39 is 0 Å². The lowest BCUT2D eigenvalue weighted by atomic mass is 10.2. The molecule has 1 aromatic rings. The highest BCUT2D eigenvalue weighted by atomic mass is 32.1. The van der Waals surface area contributed by atoms with Gasteiger partial charge in [0.1, 0.15) is 0 Å². The van der Waals surface area contributed by atoms with Crippen LogP contribution in [0.15, 0.2) is 34.2 Å². The first-order valence-electron chi connectivity index (χ1n) is 3.72. The van der Waals surface area contributed by atoms with E-state index in [-0.39, 0.29) is 6.61 Å². The third kappa shape index (κ3) is 3.07. The molecule has 3 heteroatoms. The molecule has 0 spiro atoms. The molecule has 0 heterocycles. The number of aliphatic hydroxyl groups excluding tert-OH is 1. The molecule has 0 aromatic heterocycles. The van der Waals surface area contributed by atoms with Crippen molar-refractivity contribution in [1.29, 1.82) is 0 Å². The first-order chi connectivity index (χ1) is 5.83. The summed E-state index contributed by atoms with van der Waals surface area (Å²) in [6.45, 7) is 0.549. The van der Waals surface area contributed by atoms with Crippen molar-refractivity contribution in [2.24, 2.45) is 4.99 Å². The molecule has 0 amide bonds. The maximum atomic E-state index is 8.47. The number of benzene rings is 1. The van der Waals surface area contributed by atoms with E-state index >= 15 is 0 Å². The number of aliphatic hydroxyl groups is 1. The fourth-order valence-corrected chi connectivity index (χ4v) is 1.07. The van der Waals surface area contributed by atoms with Crippen LogP contribution in [0.4, 0.5) is 0 Å². The summed E-state index contributed by atoms with van der Waals surface area (Å²) < 4.78 is 0. The highest BCUT2D eigenvalue weighted by Gasteiger charge is 1.87. The van der Waals surface area contributed by atoms with Crippen molar-refractivity contribution in [1.82, 2.24) is 0 Å². The van der Waals surface area contributed by atoms with Crippen molar-refractivity contribution in [2.45, 2.75) is 4.90 Å². The van der Waals surface area contributed by atoms with Crippen LogP contribution < -0.4 is 0 Å². The molecular formula is C9H11NOS. The van der Waals surface area contributed by atoms with Gasteiger partial charge in [-0.25, -0.2) is 0 Å². The fourth-order valence-electron chi connectivity index (χ4n) is 0.833. The van der Waals surface area contributed by atoms with E-state index in [4.69, 9.17) is 5.11 Å². The van der Waals surface area contributed by atoms with E-state index in [1.165, 1.54) is 0 Å². The second kappa shape index (κ2) is 4.95. The van der Waals surface area contributed by atoms with Gasteiger partial charge in [-0.3, -0.25) is 4.99 Å². The zero-order valence-electron chi connectivity index (χ0n) is 6.64. The maximum absolute atomic E-state index is 8.47. The molecule has 0 saturated heterocycles. The van der Waals surface area contributed by atoms with Gasteiger partial charge < -0.3 is 5.11 Å². The van der Waals surface area contributed by atoms with E-state index in [0.717, 1.165) is 10.5 Å². The van der Waals surface area contributed by atoms with Crippen molar-refractivity contribution >= 4 is 18.8 Å². The van der Waals surface area contributed by atoms with Crippen LogP contribution in [0, 0.1) is 0 Å². The molecule has 64 valence electrons. The summed E-state index contributed by atoms with van der Waals surface area (Å²) in [5.74, 6) is 0. The largest absolute Gasteiger partial charge is 0.394 e. The Morgan fingerprint density at radius 3 is 3.00 bits per heavy atom. The summed E-state index contributed by atoms with van der Waals surface area (Å²) in [7, 11) is 0. The highest BCUT2D eigenvalue weighted by molar-refractivity contribution is 7.80. The Morgan fingerprint density at radius 2 is 2.33 bits per heavy atom. The van der Waals surface area contributed by atoms with Gasteiger partial charge in [-0.05, 0) is 17.7 Å². The lowest BCUT2D eigenvalue weighted by molar-refractivity contribution is 0.307. The molecule has 0 aliphatic heterocycles. The first kappa shape index (κ1) is 9.29. The van der Waals surface area contributed by atoms with Crippen molar-refractivity contribution in [3.05, 3.63) is 29.8 Å². The number of hydrogen-bond acceptors (Lipinski definition) is 3. The van der Waals surface area contributed by atoms with E-state index in [2.05, 4.69) is 17.6 Å². The van der Waals surface area contributed by atoms with Crippen molar-refractivity contribution < 1.29 is 5.11 Å². The molecule has 0 bridgehead atoms. The predicted octanol–water partition coefficient (Wildman–Crippen LogP) is 1.39. The Bertz CT molecular complexity index is 273. The SMILES string of the molecule is OCCN=Cc1cccc(S)c1. The molecule has 12 heavy (non-hydrogen) atoms. The monoisotopic (exact) mass is 181 g/mol. The number of nitrogens with zero attached hydrogens (tertiary/aromatic N) is 1. The van der Waals surface area contributed by atoms with Gasteiger partial charge in [0.2, 0.25) is 0 Å². The first-order valence-corrected chi connectivity index (χ1v) is 4.17. The molecule has 0 radical (unpaired) electrons. The van der Waals surface area contributed by atoms with Crippen molar-refractivity contribution in [3.8, 4) is 0 Å². The van der Waals surface area contributed by atoms with Crippen LogP contribution in [0.5, 0.6) is 0 Å². The predicted molar refractivity (Wildman–Crippen MR) is 53.2 cm³/mol. The minimum Gasteiger partial charge on any atom is -0.394 e. The van der Waals surface area contributed by atoms with Crippen LogP contribution in [-0.2, 0) is 0 Å². The second-order valence-electron chi connectivity index (χ2n) is 2.35. The Labute approximate surface area is 77.4 Å². The summed E-state index contributed by atoms with van der Waals surface area (Å²) in [4.78, 5) is 4.91. The molecule has 2 nitrogen and oxygen atoms in total. The molecule has 0 saturated carbocycles. The van der Waals surface area contributed by atoms with Crippen LogP contribution >= 0.6 is 12.6 Å². The van der Waals surface area contributed by atoms with Gasteiger partial charge in [0.15, 0.2) is 0 Å². The van der Waals surface area contributed by atoms with Gasteiger partial charge in [0.05, 0.1) is 13.2 Å². The van der Waals surface area contributed by atoms with Crippen LogP contribution in [-0.4, -0.2) is 24.5 Å². The number of hydrogen-bond donors (Lipinski definition) is 2. The van der Waals surface area contributed by atoms with Gasteiger partial charge in [-0.1, -0.05) is 12.1 Å². The Morgan fingerprint density at radius 1 is 1.50 bits per heavy atom. The van der Waals surface area contributed by atoms with Crippen molar-refractivity contribution in [2.75, 3.05) is 13.2 Å². The minimum atomic E-state index is 0.0943. The zero-order chi connectivity index (χ0) is 8.81. The number of thiol groups is 1. The lowest BCUT2D eigenvalue weighted by Gasteiger charge is -1.93. The van der Waals surface area contributed by atoms with E-state index in [1.54, 1.807) is 6.21 Å². The molecule has 0 atom stereocenters. The highest BCUT2D eigenvalue weighted by Crippen LogP contribution is 2.06. The summed E-state index contributed by atoms with van der Waals surface area (Å²) in [5, 5.41) is 8.47. The van der Waals surface area contributed by atoms with Crippen LogP contribution in [0.2, 0.25) is 0 Å². The van der Waals surface area contributed by atoms with Crippen LogP contribution in [0.25, 0.3) is 0 Å². The van der Waals surface area contributed by atoms with Crippen LogP contribution in [0.3, 0.4) is 0 Å². The molecule has 1 aromatic carbocycles. The standard InChI is InChI=1S/C9H11NOS/c11-5-4-10-7-8-2-1-3-9(12)6-8/h1-3,6-7,11-12H,4-5H2. The van der Waals surface area contributed by atoms with Gasteiger partial charge >= 0.3 is 0 Å². The molecule has 1 N–H and O–H groups in total. The minimum absolute atomic E-state index is 0.0943. The molecular weight excluding hydrogens is 170 g/mol. The third-order valence-electron chi connectivity index (χ3n) is 1.34. The van der Waals surface area contributed by atoms with E-state index in [9.17, 15) is 0 Å². The van der Waals surface area contributed by atoms with Gasteiger partial charge in [-0.2, -0.15) is 0 Å². The number of rotatable bonds is 3. The van der Waals surface area contributed by atoms with E-state index in [1.807, 2.05) is 24.3 Å². The molecule has 0 aliphatic rings. The lowest BCUT2D eigenvalue weighted by Crippen LogP contribution is -1.88. The molecule has 0 unspecified atom stereocenters. The smallest absolute Gasteiger partial charge is 0.0626 e. The summed E-state index contributed by atoms with van der Waals surface area (Å²) in [6.07, 6.45) is 1.73. The second-order valence-corrected chi connectivity index (χ2v) is 2.87. The summed E-state index contributed by atoms with van der Waals surface area (Å²) in [5.41, 5.74) is 1.01. The molecule has 0 fully saturated rings. The summed E-state index contributed by atoms with van der Waals surface area (Å²) >= 11 is 4.19. The Balaban J connectivity index is 2.63. The maximum Gasteiger partial charge on any atom is 0.0626 e. The topological polar surface area (TPSA) is 32.6 Å².